The van der Waals surface area contributed by atoms with Crippen LogP contribution in [0.15, 0.2) is 6.33 Å². The van der Waals surface area contributed by atoms with Gasteiger partial charge < -0.3 is 10.1 Å². The molecule has 0 saturated heterocycles. The number of hydrogen-bond acceptors (Lipinski definition) is 4. The van der Waals surface area contributed by atoms with Gasteiger partial charge in [0, 0.05) is 32.6 Å². The second-order valence-corrected chi connectivity index (χ2v) is 3.33. The summed E-state index contributed by atoms with van der Waals surface area (Å²) in [5.41, 5.74) is 0. The third kappa shape index (κ3) is 5.45. The number of H-pyrrole nitrogens is 1. The van der Waals surface area contributed by atoms with Crippen molar-refractivity contribution in [2.75, 3.05) is 19.8 Å². The van der Waals surface area contributed by atoms with E-state index >= 15 is 0 Å². The molecular formula is C10H18N4O2. The van der Waals surface area contributed by atoms with Gasteiger partial charge >= 0.3 is 0 Å². The fourth-order valence-corrected chi connectivity index (χ4v) is 1.24. The first-order valence-electron chi connectivity index (χ1n) is 5.51. The number of aromatic nitrogens is 3. The molecule has 0 aliphatic heterocycles. The lowest BCUT2D eigenvalue weighted by Crippen LogP contribution is -2.25. The zero-order valence-corrected chi connectivity index (χ0v) is 9.53. The Balaban J connectivity index is 1.98. The van der Waals surface area contributed by atoms with E-state index in [1.165, 1.54) is 6.33 Å². The number of ether oxygens (including phenoxy) is 1. The van der Waals surface area contributed by atoms with Gasteiger partial charge in [0.2, 0.25) is 5.91 Å². The summed E-state index contributed by atoms with van der Waals surface area (Å²) in [7, 11) is 0. The van der Waals surface area contributed by atoms with Crippen molar-refractivity contribution in [2.45, 2.75) is 26.2 Å². The van der Waals surface area contributed by atoms with Gasteiger partial charge in [0.25, 0.3) is 0 Å². The number of rotatable bonds is 8. The largest absolute Gasteiger partial charge is 0.382 e. The van der Waals surface area contributed by atoms with Crippen LogP contribution >= 0.6 is 0 Å². The number of carbonyl (C=O) groups excluding carboxylic acids is 1. The van der Waals surface area contributed by atoms with Gasteiger partial charge in [0.15, 0.2) is 0 Å². The maximum atomic E-state index is 11.3. The summed E-state index contributed by atoms with van der Waals surface area (Å²) < 4.78 is 5.14. The van der Waals surface area contributed by atoms with Crippen LogP contribution in [0.2, 0.25) is 0 Å². The molecule has 0 aromatic carbocycles. The predicted molar refractivity (Wildman–Crippen MR) is 58.8 cm³/mol. The van der Waals surface area contributed by atoms with Gasteiger partial charge in [0.05, 0.1) is 0 Å². The number of amides is 1. The topological polar surface area (TPSA) is 79.9 Å². The lowest BCUT2D eigenvalue weighted by Gasteiger charge is -2.03. The molecule has 1 rings (SSSR count). The first-order valence-corrected chi connectivity index (χ1v) is 5.51. The molecule has 0 radical (unpaired) electrons. The lowest BCUT2D eigenvalue weighted by atomic mass is 10.3. The number of carbonyl (C=O) groups is 1. The highest BCUT2D eigenvalue weighted by Crippen LogP contribution is 1.91. The van der Waals surface area contributed by atoms with Gasteiger partial charge in [-0.15, -0.1) is 0 Å². The molecule has 0 aliphatic carbocycles. The average molecular weight is 226 g/mol. The van der Waals surface area contributed by atoms with E-state index in [9.17, 15) is 4.79 Å². The van der Waals surface area contributed by atoms with Gasteiger partial charge in [-0.1, -0.05) is 0 Å². The minimum absolute atomic E-state index is 0.0548. The van der Waals surface area contributed by atoms with E-state index in [-0.39, 0.29) is 5.91 Å². The molecule has 0 atom stereocenters. The quantitative estimate of drug-likeness (QED) is 0.624. The maximum Gasteiger partial charge on any atom is 0.220 e. The van der Waals surface area contributed by atoms with Crippen LogP contribution in [0.3, 0.4) is 0 Å². The fourth-order valence-electron chi connectivity index (χ4n) is 1.24. The van der Waals surface area contributed by atoms with Crippen LogP contribution in [-0.4, -0.2) is 40.8 Å². The van der Waals surface area contributed by atoms with Crippen molar-refractivity contribution in [1.82, 2.24) is 20.5 Å². The Hall–Kier alpha value is -1.43. The van der Waals surface area contributed by atoms with Gasteiger partial charge in [-0.25, -0.2) is 4.98 Å². The van der Waals surface area contributed by atoms with Crippen molar-refractivity contribution < 1.29 is 9.53 Å². The summed E-state index contributed by atoms with van der Waals surface area (Å²) in [6, 6.07) is 0. The Morgan fingerprint density at radius 1 is 1.62 bits per heavy atom. The lowest BCUT2D eigenvalue weighted by molar-refractivity contribution is -0.121. The predicted octanol–water partition coefficient (Wildman–Crippen LogP) is 0.280. The Morgan fingerprint density at radius 2 is 2.50 bits per heavy atom. The van der Waals surface area contributed by atoms with E-state index in [4.69, 9.17) is 4.74 Å². The van der Waals surface area contributed by atoms with Gasteiger partial charge in [0.1, 0.15) is 12.2 Å². The second-order valence-electron chi connectivity index (χ2n) is 3.33. The van der Waals surface area contributed by atoms with Crippen molar-refractivity contribution in [3.8, 4) is 0 Å². The highest BCUT2D eigenvalue weighted by Gasteiger charge is 2.01. The van der Waals surface area contributed by atoms with E-state index in [2.05, 4.69) is 20.5 Å². The first kappa shape index (κ1) is 12.6. The van der Waals surface area contributed by atoms with Gasteiger partial charge in [-0.2, -0.15) is 5.10 Å². The monoisotopic (exact) mass is 226 g/mol. The summed E-state index contributed by atoms with van der Waals surface area (Å²) in [5, 5.41) is 9.28. The molecule has 0 aliphatic rings. The summed E-state index contributed by atoms with van der Waals surface area (Å²) in [6.07, 6.45) is 3.41. The summed E-state index contributed by atoms with van der Waals surface area (Å²) in [4.78, 5) is 15.3. The highest BCUT2D eigenvalue weighted by atomic mass is 16.5. The third-order valence-corrected chi connectivity index (χ3v) is 2.05. The minimum Gasteiger partial charge on any atom is -0.382 e. The first-order chi connectivity index (χ1) is 7.83. The summed E-state index contributed by atoms with van der Waals surface area (Å²) in [6.45, 7) is 3.87. The molecule has 6 nitrogen and oxygen atoms in total. The molecule has 0 spiro atoms. The number of hydrogen-bond donors (Lipinski definition) is 2. The number of aromatic amines is 1. The molecule has 0 bridgehead atoms. The Bertz CT molecular complexity index is 287. The van der Waals surface area contributed by atoms with Crippen molar-refractivity contribution in [2.24, 2.45) is 0 Å². The SMILES string of the molecule is CCOCCCC(=O)NCCc1ncn[nH]1. The van der Waals surface area contributed by atoms with E-state index in [0.717, 1.165) is 12.2 Å². The number of nitrogens with one attached hydrogen (secondary N) is 2. The normalized spacial score (nSPS) is 10.3. The molecule has 0 fully saturated rings. The third-order valence-electron chi connectivity index (χ3n) is 2.05. The van der Waals surface area contributed by atoms with Gasteiger partial charge in [-0.05, 0) is 13.3 Å². The van der Waals surface area contributed by atoms with Crippen LogP contribution in [0, 0.1) is 0 Å². The van der Waals surface area contributed by atoms with Crippen LogP contribution in [0.4, 0.5) is 0 Å². The average Bonchev–Trinajstić information content (AvgIpc) is 2.77. The Kier molecular flexibility index (Phi) is 6.17. The van der Waals surface area contributed by atoms with Crippen molar-refractivity contribution in [3.05, 3.63) is 12.2 Å². The summed E-state index contributed by atoms with van der Waals surface area (Å²) >= 11 is 0. The number of nitrogens with zero attached hydrogens (tertiary/aromatic N) is 2. The molecule has 1 aromatic rings. The smallest absolute Gasteiger partial charge is 0.220 e. The van der Waals surface area contributed by atoms with E-state index in [0.29, 0.717) is 32.6 Å². The molecule has 90 valence electrons. The van der Waals surface area contributed by atoms with E-state index in [1.807, 2.05) is 6.92 Å². The molecule has 1 heterocycles. The van der Waals surface area contributed by atoms with Crippen LogP contribution in [0.5, 0.6) is 0 Å². The van der Waals surface area contributed by atoms with Crippen LogP contribution in [0.25, 0.3) is 0 Å². The molecule has 0 unspecified atom stereocenters. The van der Waals surface area contributed by atoms with Crippen molar-refractivity contribution in [1.29, 1.82) is 0 Å². The zero-order chi connectivity index (χ0) is 11.6. The van der Waals surface area contributed by atoms with Crippen molar-refractivity contribution >= 4 is 5.91 Å². The molecule has 1 aromatic heterocycles. The molecule has 0 saturated carbocycles. The second kappa shape index (κ2) is 7.81. The molecule has 16 heavy (non-hydrogen) atoms. The fraction of sp³-hybridized carbons (Fsp3) is 0.700. The van der Waals surface area contributed by atoms with Crippen LogP contribution in [0.1, 0.15) is 25.6 Å². The van der Waals surface area contributed by atoms with Crippen LogP contribution < -0.4 is 5.32 Å². The minimum atomic E-state index is 0.0548. The Labute approximate surface area is 94.8 Å². The van der Waals surface area contributed by atoms with Crippen LogP contribution in [-0.2, 0) is 16.0 Å². The molecular weight excluding hydrogens is 208 g/mol. The molecule has 2 N–H and O–H groups in total. The molecule has 1 amide bonds. The molecule has 6 heteroatoms. The maximum absolute atomic E-state index is 11.3. The van der Waals surface area contributed by atoms with Crippen molar-refractivity contribution in [3.63, 3.8) is 0 Å². The standard InChI is InChI=1S/C10H18N4O2/c1-2-16-7-3-4-10(15)11-6-5-9-12-8-13-14-9/h8H,2-7H2,1H3,(H,11,15)(H,12,13,14). The van der Waals surface area contributed by atoms with Gasteiger partial charge in [-0.3, -0.25) is 9.89 Å². The highest BCUT2D eigenvalue weighted by molar-refractivity contribution is 5.75. The zero-order valence-electron chi connectivity index (χ0n) is 9.53. The Morgan fingerprint density at radius 3 is 3.19 bits per heavy atom. The van der Waals surface area contributed by atoms with E-state index < -0.39 is 0 Å². The summed E-state index contributed by atoms with van der Waals surface area (Å²) in [5.74, 6) is 0.842. The van der Waals surface area contributed by atoms with E-state index in [1.54, 1.807) is 0 Å².